The van der Waals surface area contributed by atoms with E-state index in [9.17, 15) is 0 Å². The molecule has 20 heavy (non-hydrogen) atoms. The van der Waals surface area contributed by atoms with Crippen molar-refractivity contribution in [2.75, 3.05) is 25.9 Å². The molecule has 118 valence electrons. The molecule has 0 amide bonds. The van der Waals surface area contributed by atoms with Crippen LogP contribution < -0.4 is 5.32 Å². The molecule has 1 saturated heterocycles. The molecule has 0 spiro atoms. The van der Waals surface area contributed by atoms with Crippen molar-refractivity contribution in [2.45, 2.75) is 82.0 Å². The van der Waals surface area contributed by atoms with Crippen LogP contribution in [0.3, 0.4) is 0 Å². The van der Waals surface area contributed by atoms with Gasteiger partial charge in [0.05, 0.1) is 0 Å². The van der Waals surface area contributed by atoms with Crippen LogP contribution in [0.1, 0.15) is 65.2 Å². The third kappa shape index (κ3) is 4.38. The number of nitrogens with one attached hydrogen (secondary N) is 1. The normalized spacial score (nSPS) is 31.4. The van der Waals surface area contributed by atoms with Gasteiger partial charge in [-0.1, -0.05) is 26.2 Å². The second kappa shape index (κ2) is 8.05. The molecular formula is C17H34N2S. The highest BCUT2D eigenvalue weighted by Crippen LogP contribution is 2.40. The maximum atomic E-state index is 3.72. The van der Waals surface area contributed by atoms with Crippen LogP contribution in [-0.4, -0.2) is 47.6 Å². The van der Waals surface area contributed by atoms with Gasteiger partial charge in [-0.25, -0.2) is 0 Å². The number of thioether (sulfide) groups is 1. The molecule has 1 heterocycles. The largest absolute Gasteiger partial charge is 0.314 e. The molecule has 1 N–H and O–H groups in total. The van der Waals surface area contributed by atoms with Gasteiger partial charge in [0.25, 0.3) is 0 Å². The maximum Gasteiger partial charge on any atom is 0.0284 e. The van der Waals surface area contributed by atoms with Crippen molar-refractivity contribution in [3.63, 3.8) is 0 Å². The van der Waals surface area contributed by atoms with Crippen LogP contribution in [0.15, 0.2) is 0 Å². The van der Waals surface area contributed by atoms with E-state index >= 15 is 0 Å². The summed E-state index contributed by atoms with van der Waals surface area (Å²) in [5.41, 5.74) is 0. The van der Waals surface area contributed by atoms with Crippen LogP contribution in [0.25, 0.3) is 0 Å². The summed E-state index contributed by atoms with van der Waals surface area (Å²) in [6.07, 6.45) is 13.5. The number of hydrogen-bond donors (Lipinski definition) is 1. The fraction of sp³-hybridized carbons (Fsp3) is 1.00. The van der Waals surface area contributed by atoms with Crippen molar-refractivity contribution in [2.24, 2.45) is 0 Å². The molecule has 2 aliphatic rings. The maximum absolute atomic E-state index is 3.72. The van der Waals surface area contributed by atoms with Crippen molar-refractivity contribution in [3.05, 3.63) is 0 Å². The van der Waals surface area contributed by atoms with E-state index in [1.54, 1.807) is 0 Å². The van der Waals surface area contributed by atoms with E-state index in [4.69, 9.17) is 0 Å². The topological polar surface area (TPSA) is 15.3 Å². The molecule has 0 aromatic carbocycles. The SMILES string of the molecule is CCCNC1CCN(CC2(SC)CCCCC2)C(C)C1. The van der Waals surface area contributed by atoms with Crippen LogP contribution in [-0.2, 0) is 0 Å². The quantitative estimate of drug-likeness (QED) is 0.800. The van der Waals surface area contributed by atoms with E-state index in [0.717, 1.165) is 12.1 Å². The lowest BCUT2D eigenvalue weighted by Crippen LogP contribution is -2.52. The van der Waals surface area contributed by atoms with Gasteiger partial charge >= 0.3 is 0 Å². The zero-order valence-corrected chi connectivity index (χ0v) is 14.6. The van der Waals surface area contributed by atoms with Gasteiger partial charge in [0.15, 0.2) is 0 Å². The summed E-state index contributed by atoms with van der Waals surface area (Å²) in [4.78, 5) is 2.78. The number of piperidine rings is 1. The Morgan fingerprint density at radius 2 is 2.00 bits per heavy atom. The molecule has 2 atom stereocenters. The molecule has 2 unspecified atom stereocenters. The summed E-state index contributed by atoms with van der Waals surface area (Å²) in [7, 11) is 0. The summed E-state index contributed by atoms with van der Waals surface area (Å²) in [6.45, 7) is 8.51. The molecule has 2 fully saturated rings. The number of rotatable bonds is 6. The minimum absolute atomic E-state index is 0.566. The Hall–Kier alpha value is 0.270. The number of nitrogens with zero attached hydrogens (tertiary/aromatic N) is 1. The minimum Gasteiger partial charge on any atom is -0.314 e. The highest BCUT2D eigenvalue weighted by Gasteiger charge is 2.36. The second-order valence-electron chi connectivity index (χ2n) is 6.94. The first kappa shape index (κ1) is 16.6. The molecule has 3 heteroatoms. The summed E-state index contributed by atoms with van der Waals surface area (Å²) >= 11 is 2.15. The van der Waals surface area contributed by atoms with Gasteiger partial charge < -0.3 is 5.32 Å². The van der Waals surface area contributed by atoms with E-state index in [0.29, 0.717) is 4.75 Å². The van der Waals surface area contributed by atoms with Crippen LogP contribution in [0.5, 0.6) is 0 Å². The highest BCUT2D eigenvalue weighted by atomic mass is 32.2. The number of hydrogen-bond acceptors (Lipinski definition) is 3. The minimum atomic E-state index is 0.566. The van der Waals surface area contributed by atoms with E-state index < -0.39 is 0 Å². The summed E-state index contributed by atoms with van der Waals surface area (Å²) in [6, 6.07) is 1.52. The van der Waals surface area contributed by atoms with Crippen molar-refractivity contribution in [3.8, 4) is 0 Å². The lowest BCUT2D eigenvalue weighted by Gasteiger charge is -2.45. The first-order valence-corrected chi connectivity index (χ1v) is 9.94. The van der Waals surface area contributed by atoms with Gasteiger partial charge in [0.1, 0.15) is 0 Å². The third-order valence-corrected chi connectivity index (χ3v) is 6.79. The molecule has 1 aliphatic heterocycles. The molecule has 1 aliphatic carbocycles. The van der Waals surface area contributed by atoms with Crippen molar-refractivity contribution < 1.29 is 0 Å². The van der Waals surface area contributed by atoms with E-state index in [-0.39, 0.29) is 0 Å². The third-order valence-electron chi connectivity index (χ3n) is 5.39. The highest BCUT2D eigenvalue weighted by molar-refractivity contribution is 8.00. The molecule has 0 aromatic rings. The Morgan fingerprint density at radius 3 is 2.60 bits per heavy atom. The second-order valence-corrected chi connectivity index (χ2v) is 8.22. The van der Waals surface area contributed by atoms with Gasteiger partial charge in [0, 0.05) is 23.4 Å². The first-order valence-electron chi connectivity index (χ1n) is 8.72. The Labute approximate surface area is 130 Å². The number of likely N-dealkylation sites (tertiary alicyclic amines) is 1. The van der Waals surface area contributed by atoms with Gasteiger partial charge in [-0.2, -0.15) is 11.8 Å². The predicted molar refractivity (Wildman–Crippen MR) is 91.7 cm³/mol. The Kier molecular flexibility index (Phi) is 6.70. The van der Waals surface area contributed by atoms with Crippen LogP contribution in [0, 0.1) is 0 Å². The standard InChI is InChI=1S/C17H34N2S/c1-4-11-18-16-8-12-19(15(2)13-16)14-17(20-3)9-6-5-7-10-17/h15-16,18H,4-14H2,1-3H3. The van der Waals surface area contributed by atoms with E-state index in [1.165, 1.54) is 71.0 Å². The van der Waals surface area contributed by atoms with Gasteiger partial charge in [-0.15, -0.1) is 0 Å². The van der Waals surface area contributed by atoms with Crippen LogP contribution >= 0.6 is 11.8 Å². The van der Waals surface area contributed by atoms with Crippen molar-refractivity contribution in [1.29, 1.82) is 0 Å². The molecule has 1 saturated carbocycles. The van der Waals surface area contributed by atoms with Gasteiger partial charge in [-0.3, -0.25) is 4.90 Å². The molecule has 0 bridgehead atoms. The lowest BCUT2D eigenvalue weighted by molar-refractivity contribution is 0.115. The molecule has 0 aromatic heterocycles. The first-order chi connectivity index (χ1) is 9.69. The van der Waals surface area contributed by atoms with Crippen LogP contribution in [0.2, 0.25) is 0 Å². The lowest BCUT2D eigenvalue weighted by atomic mass is 9.86. The zero-order valence-electron chi connectivity index (χ0n) is 13.8. The monoisotopic (exact) mass is 298 g/mol. The molecule has 0 radical (unpaired) electrons. The average molecular weight is 299 g/mol. The fourth-order valence-electron chi connectivity index (χ4n) is 3.98. The van der Waals surface area contributed by atoms with Crippen molar-refractivity contribution >= 4 is 11.8 Å². The van der Waals surface area contributed by atoms with E-state index in [2.05, 4.69) is 42.1 Å². The molecular weight excluding hydrogens is 264 g/mol. The van der Waals surface area contributed by atoms with Crippen molar-refractivity contribution in [1.82, 2.24) is 10.2 Å². The summed E-state index contributed by atoms with van der Waals surface area (Å²) in [5, 5.41) is 3.72. The van der Waals surface area contributed by atoms with Crippen LogP contribution in [0.4, 0.5) is 0 Å². The summed E-state index contributed by atoms with van der Waals surface area (Å²) < 4.78 is 0.566. The fourth-order valence-corrected chi connectivity index (χ4v) is 4.97. The van der Waals surface area contributed by atoms with Gasteiger partial charge in [0.2, 0.25) is 0 Å². The smallest absolute Gasteiger partial charge is 0.0284 e. The molecule has 2 rings (SSSR count). The Balaban J connectivity index is 1.84. The predicted octanol–water partition coefficient (Wildman–Crippen LogP) is 3.90. The Bertz CT molecular complexity index is 276. The Morgan fingerprint density at radius 1 is 1.25 bits per heavy atom. The summed E-state index contributed by atoms with van der Waals surface area (Å²) in [5.74, 6) is 0. The van der Waals surface area contributed by atoms with E-state index in [1.807, 2.05) is 0 Å². The molecule has 2 nitrogen and oxygen atoms in total. The van der Waals surface area contributed by atoms with Gasteiger partial charge in [-0.05, 0) is 58.4 Å². The zero-order chi connectivity index (χ0) is 14.4. The average Bonchev–Trinajstić information content (AvgIpc) is 2.48.